The maximum atomic E-state index is 12.1. The summed E-state index contributed by atoms with van der Waals surface area (Å²) in [4.78, 5) is 23.5. The Morgan fingerprint density at radius 2 is 1.77 bits per heavy atom. The molecule has 122 valence electrons. The zero-order chi connectivity index (χ0) is 16.2. The second-order valence-corrected chi connectivity index (χ2v) is 7.98. The summed E-state index contributed by atoms with van der Waals surface area (Å²) in [5.74, 6) is -0.0319. The summed E-state index contributed by atoms with van der Waals surface area (Å²) in [5.41, 5.74) is 0. The lowest BCUT2D eigenvalue weighted by molar-refractivity contribution is -0.120. The monoisotopic (exact) mass is 327 g/mol. The van der Waals surface area contributed by atoms with E-state index in [1.165, 1.54) is 12.7 Å². The number of aromatic nitrogens is 3. The van der Waals surface area contributed by atoms with Crippen molar-refractivity contribution in [3.8, 4) is 0 Å². The van der Waals surface area contributed by atoms with E-state index >= 15 is 0 Å². The zero-order valence-electron chi connectivity index (χ0n) is 12.7. The third-order valence-electron chi connectivity index (χ3n) is 3.78. The molecule has 1 heterocycles. The van der Waals surface area contributed by atoms with Crippen LogP contribution < -0.4 is 10.0 Å². The molecule has 1 aromatic rings. The molecule has 22 heavy (non-hydrogen) atoms. The minimum absolute atomic E-state index is 0.0892. The lowest BCUT2D eigenvalue weighted by Crippen LogP contribution is -2.42. The molecule has 0 aromatic carbocycles. The lowest BCUT2D eigenvalue weighted by Gasteiger charge is -2.28. The van der Waals surface area contributed by atoms with Crippen molar-refractivity contribution in [2.45, 2.75) is 50.8 Å². The standard InChI is InChI=1S/C13H21N5O3S/c1-9(2)22(20,21)18-11-5-3-10(4-6-11)12(19)17-13-15-7-14-8-16-13/h7-11,18H,3-6H2,1-2H3,(H,14,15,16,17,19). The van der Waals surface area contributed by atoms with Crippen LogP contribution in [0.1, 0.15) is 39.5 Å². The van der Waals surface area contributed by atoms with Gasteiger partial charge in [-0.2, -0.15) is 0 Å². The Kier molecular flexibility index (Phi) is 5.41. The van der Waals surface area contributed by atoms with Gasteiger partial charge in [0.05, 0.1) is 5.25 Å². The average Bonchev–Trinajstić information content (AvgIpc) is 2.48. The van der Waals surface area contributed by atoms with Gasteiger partial charge < -0.3 is 0 Å². The van der Waals surface area contributed by atoms with Crippen molar-refractivity contribution >= 4 is 21.9 Å². The molecule has 9 heteroatoms. The van der Waals surface area contributed by atoms with E-state index in [0.717, 1.165) is 0 Å². The van der Waals surface area contributed by atoms with E-state index in [4.69, 9.17) is 0 Å². The number of carbonyl (C=O) groups excluding carboxylic acids is 1. The molecule has 8 nitrogen and oxygen atoms in total. The van der Waals surface area contributed by atoms with E-state index in [0.29, 0.717) is 25.7 Å². The summed E-state index contributed by atoms with van der Waals surface area (Å²) < 4.78 is 26.4. The van der Waals surface area contributed by atoms with Crippen LogP contribution in [0.15, 0.2) is 12.7 Å². The molecule has 1 saturated carbocycles. The molecule has 0 unspecified atom stereocenters. The van der Waals surface area contributed by atoms with Crippen LogP contribution in [-0.2, 0) is 14.8 Å². The van der Waals surface area contributed by atoms with Gasteiger partial charge in [-0.05, 0) is 39.5 Å². The first-order valence-electron chi connectivity index (χ1n) is 7.32. The highest BCUT2D eigenvalue weighted by Gasteiger charge is 2.29. The zero-order valence-corrected chi connectivity index (χ0v) is 13.5. The highest BCUT2D eigenvalue weighted by molar-refractivity contribution is 7.90. The van der Waals surface area contributed by atoms with E-state index in [2.05, 4.69) is 25.0 Å². The smallest absolute Gasteiger partial charge is 0.232 e. The van der Waals surface area contributed by atoms with Crippen molar-refractivity contribution in [2.24, 2.45) is 5.92 Å². The minimum Gasteiger partial charge on any atom is -0.294 e. The second kappa shape index (κ2) is 7.10. The molecule has 1 aliphatic rings. The van der Waals surface area contributed by atoms with Crippen LogP contribution in [0.2, 0.25) is 0 Å². The van der Waals surface area contributed by atoms with Gasteiger partial charge in [0.15, 0.2) is 0 Å². The van der Waals surface area contributed by atoms with Crippen molar-refractivity contribution in [2.75, 3.05) is 5.32 Å². The maximum Gasteiger partial charge on any atom is 0.232 e. The van der Waals surface area contributed by atoms with Gasteiger partial charge in [-0.3, -0.25) is 10.1 Å². The van der Waals surface area contributed by atoms with Gasteiger partial charge in [0.25, 0.3) is 0 Å². The van der Waals surface area contributed by atoms with Crippen LogP contribution in [0, 0.1) is 5.92 Å². The van der Waals surface area contributed by atoms with Crippen molar-refractivity contribution in [3.05, 3.63) is 12.7 Å². The van der Waals surface area contributed by atoms with E-state index in [-0.39, 0.29) is 23.8 Å². The van der Waals surface area contributed by atoms with Crippen molar-refractivity contribution < 1.29 is 13.2 Å². The predicted molar refractivity (Wildman–Crippen MR) is 81.4 cm³/mol. The molecular formula is C13H21N5O3S. The molecule has 0 aliphatic heterocycles. The lowest BCUT2D eigenvalue weighted by atomic mass is 9.86. The number of hydrogen-bond donors (Lipinski definition) is 2. The van der Waals surface area contributed by atoms with Gasteiger partial charge in [0.1, 0.15) is 12.7 Å². The first-order chi connectivity index (χ1) is 10.4. The van der Waals surface area contributed by atoms with E-state index in [1.807, 2.05) is 0 Å². The van der Waals surface area contributed by atoms with Gasteiger partial charge in [0.2, 0.25) is 21.9 Å². The Balaban J connectivity index is 1.83. The largest absolute Gasteiger partial charge is 0.294 e. The molecule has 1 fully saturated rings. The van der Waals surface area contributed by atoms with Crippen LogP contribution in [-0.4, -0.2) is 40.6 Å². The van der Waals surface area contributed by atoms with Gasteiger partial charge in [0, 0.05) is 12.0 Å². The molecule has 1 aliphatic carbocycles. The Morgan fingerprint density at radius 1 is 1.18 bits per heavy atom. The quantitative estimate of drug-likeness (QED) is 0.822. The number of sulfonamides is 1. The fourth-order valence-electron chi connectivity index (χ4n) is 2.36. The van der Waals surface area contributed by atoms with Crippen LogP contribution in [0.5, 0.6) is 0 Å². The fraction of sp³-hybridized carbons (Fsp3) is 0.692. The van der Waals surface area contributed by atoms with Crippen LogP contribution >= 0.6 is 0 Å². The Hall–Kier alpha value is -1.61. The molecule has 0 saturated heterocycles. The number of nitrogens with zero attached hydrogens (tertiary/aromatic N) is 3. The summed E-state index contributed by atoms with van der Waals surface area (Å²) in [6.45, 7) is 3.30. The van der Waals surface area contributed by atoms with Gasteiger partial charge >= 0.3 is 0 Å². The third-order valence-corrected chi connectivity index (χ3v) is 5.68. The second-order valence-electron chi connectivity index (χ2n) is 5.71. The van der Waals surface area contributed by atoms with Crippen molar-refractivity contribution in [1.29, 1.82) is 0 Å². The minimum atomic E-state index is -3.26. The number of rotatable bonds is 5. The fourth-order valence-corrected chi connectivity index (χ4v) is 3.33. The number of carbonyl (C=O) groups is 1. The molecule has 0 radical (unpaired) electrons. The Morgan fingerprint density at radius 3 is 2.32 bits per heavy atom. The normalized spacial score (nSPS) is 22.5. The summed E-state index contributed by atoms with van der Waals surface area (Å²) >= 11 is 0. The maximum absolute atomic E-state index is 12.1. The average molecular weight is 327 g/mol. The van der Waals surface area contributed by atoms with Crippen LogP contribution in [0.4, 0.5) is 5.95 Å². The van der Waals surface area contributed by atoms with E-state index in [9.17, 15) is 13.2 Å². The molecule has 1 aromatic heterocycles. The number of anilines is 1. The number of amides is 1. The summed E-state index contributed by atoms with van der Waals surface area (Å²) in [6.07, 6.45) is 5.23. The van der Waals surface area contributed by atoms with E-state index < -0.39 is 15.3 Å². The first-order valence-corrected chi connectivity index (χ1v) is 8.87. The molecule has 2 rings (SSSR count). The Bertz CT molecular complexity index is 597. The van der Waals surface area contributed by atoms with Gasteiger partial charge in [-0.25, -0.2) is 28.1 Å². The molecule has 0 bridgehead atoms. The Labute approximate surface area is 130 Å². The molecular weight excluding hydrogens is 306 g/mol. The number of hydrogen-bond acceptors (Lipinski definition) is 6. The molecule has 0 spiro atoms. The summed E-state index contributed by atoms with van der Waals surface area (Å²) in [7, 11) is -3.26. The number of nitrogens with one attached hydrogen (secondary N) is 2. The molecule has 2 N–H and O–H groups in total. The third kappa shape index (κ3) is 4.44. The highest BCUT2D eigenvalue weighted by Crippen LogP contribution is 2.26. The van der Waals surface area contributed by atoms with Crippen molar-refractivity contribution in [1.82, 2.24) is 19.7 Å². The SMILES string of the molecule is CC(C)S(=O)(=O)NC1CCC(C(=O)Nc2ncncn2)CC1. The van der Waals surface area contributed by atoms with Gasteiger partial charge in [-0.1, -0.05) is 0 Å². The molecule has 1 amide bonds. The summed E-state index contributed by atoms with van der Waals surface area (Å²) in [5, 5.41) is 2.21. The topological polar surface area (TPSA) is 114 Å². The van der Waals surface area contributed by atoms with Crippen LogP contribution in [0.25, 0.3) is 0 Å². The molecule has 0 atom stereocenters. The highest BCUT2D eigenvalue weighted by atomic mass is 32.2. The van der Waals surface area contributed by atoms with Crippen LogP contribution in [0.3, 0.4) is 0 Å². The first kappa shape index (κ1) is 16.8. The van der Waals surface area contributed by atoms with Crippen molar-refractivity contribution in [3.63, 3.8) is 0 Å². The van der Waals surface area contributed by atoms with E-state index in [1.54, 1.807) is 13.8 Å². The summed E-state index contributed by atoms with van der Waals surface area (Å²) in [6, 6.07) is -0.0892. The predicted octanol–water partition coefficient (Wildman–Crippen LogP) is 0.697. The van der Waals surface area contributed by atoms with Gasteiger partial charge in [-0.15, -0.1) is 0 Å².